The molecule has 0 amide bonds. The van der Waals surface area contributed by atoms with Crippen LogP contribution in [0.2, 0.25) is 0 Å². The summed E-state index contributed by atoms with van der Waals surface area (Å²) in [6.07, 6.45) is 1.41. The third kappa shape index (κ3) is 5.24. The van der Waals surface area contributed by atoms with Crippen molar-refractivity contribution in [1.82, 2.24) is 19.3 Å². The van der Waals surface area contributed by atoms with Crippen LogP contribution < -0.4 is 10.0 Å². The van der Waals surface area contributed by atoms with Crippen LogP contribution in [-0.4, -0.2) is 29.5 Å². The molecule has 2 heterocycles. The molecule has 2 aromatic heterocycles. The average molecular weight is 412 g/mol. The maximum absolute atomic E-state index is 12.8. The van der Waals surface area contributed by atoms with E-state index in [9.17, 15) is 8.42 Å². The molecule has 0 aliphatic rings. The first-order valence-electron chi connectivity index (χ1n) is 8.95. The summed E-state index contributed by atoms with van der Waals surface area (Å²) in [5.74, 6) is 1.19. The zero-order chi connectivity index (χ0) is 20.4. The summed E-state index contributed by atoms with van der Waals surface area (Å²) in [7, 11) is -3.70. The van der Waals surface area contributed by atoms with Gasteiger partial charge in [-0.25, -0.2) is 18.1 Å². The van der Waals surface area contributed by atoms with Gasteiger partial charge in [0.1, 0.15) is 10.7 Å². The maximum Gasteiger partial charge on any atom is 0.242 e. The van der Waals surface area contributed by atoms with Crippen molar-refractivity contribution in [2.75, 3.05) is 11.9 Å². The highest BCUT2D eigenvalue weighted by Gasteiger charge is 2.25. The van der Waals surface area contributed by atoms with Gasteiger partial charge in [0.2, 0.25) is 10.0 Å². The Morgan fingerprint density at radius 3 is 2.41 bits per heavy atom. The normalized spacial score (nSPS) is 13.8. The summed E-state index contributed by atoms with van der Waals surface area (Å²) in [6.45, 7) is 14.9. The van der Waals surface area contributed by atoms with Gasteiger partial charge in [-0.1, -0.05) is 32.2 Å². The van der Waals surface area contributed by atoms with Crippen molar-refractivity contribution in [3.05, 3.63) is 28.4 Å². The molecule has 9 heteroatoms. The van der Waals surface area contributed by atoms with Gasteiger partial charge in [-0.05, 0) is 55.3 Å². The molecule has 150 valence electrons. The number of aryl methyl sites for hydroxylation is 2. The Balaban J connectivity index is 2.15. The van der Waals surface area contributed by atoms with Crippen LogP contribution in [0.25, 0.3) is 0 Å². The van der Waals surface area contributed by atoms with Crippen LogP contribution >= 0.6 is 11.5 Å². The number of anilines is 1. The molecule has 0 bridgehead atoms. The minimum atomic E-state index is -3.70. The fourth-order valence-corrected chi connectivity index (χ4v) is 4.53. The molecule has 0 radical (unpaired) electrons. The summed E-state index contributed by atoms with van der Waals surface area (Å²) in [5.41, 5.74) is 1.49. The van der Waals surface area contributed by atoms with E-state index in [1.807, 2.05) is 6.92 Å². The molecule has 0 aliphatic heterocycles. The first-order chi connectivity index (χ1) is 12.4. The van der Waals surface area contributed by atoms with Crippen LogP contribution in [0, 0.1) is 25.2 Å². The Labute approximate surface area is 166 Å². The van der Waals surface area contributed by atoms with Crippen molar-refractivity contribution < 1.29 is 8.42 Å². The van der Waals surface area contributed by atoms with Crippen LogP contribution in [0.4, 0.5) is 5.82 Å². The molecule has 0 aromatic carbocycles. The van der Waals surface area contributed by atoms with E-state index >= 15 is 0 Å². The monoisotopic (exact) mass is 411 g/mol. The lowest BCUT2D eigenvalue weighted by Crippen LogP contribution is -2.29. The van der Waals surface area contributed by atoms with E-state index in [1.54, 1.807) is 19.9 Å². The van der Waals surface area contributed by atoms with Crippen LogP contribution in [0.1, 0.15) is 56.8 Å². The lowest BCUT2D eigenvalue weighted by Gasteiger charge is -2.29. The Hall–Kier alpha value is -1.58. The van der Waals surface area contributed by atoms with Crippen molar-refractivity contribution in [2.24, 2.45) is 11.3 Å². The molecule has 2 N–H and O–H groups in total. The molecular formula is C18H29N5O2S2. The van der Waals surface area contributed by atoms with Crippen LogP contribution in [0.3, 0.4) is 0 Å². The Morgan fingerprint density at radius 2 is 1.89 bits per heavy atom. The fourth-order valence-electron chi connectivity index (χ4n) is 2.43. The topological polar surface area (TPSA) is 96.9 Å². The third-order valence-corrected chi connectivity index (χ3v) is 7.73. The molecule has 1 unspecified atom stereocenters. The molecular weight excluding hydrogens is 382 g/mol. The number of sulfonamides is 1. The van der Waals surface area contributed by atoms with Crippen LogP contribution in [0.15, 0.2) is 17.2 Å². The van der Waals surface area contributed by atoms with Gasteiger partial charge in [0.25, 0.3) is 0 Å². The van der Waals surface area contributed by atoms with E-state index < -0.39 is 16.1 Å². The Bertz CT molecular complexity index is 891. The molecule has 2 aromatic rings. The molecule has 0 fully saturated rings. The highest BCUT2D eigenvalue weighted by Crippen LogP contribution is 2.27. The lowest BCUT2D eigenvalue weighted by molar-refractivity contribution is 0.269. The van der Waals surface area contributed by atoms with E-state index in [0.29, 0.717) is 17.3 Å². The number of aromatic nitrogens is 3. The van der Waals surface area contributed by atoms with E-state index in [-0.39, 0.29) is 10.3 Å². The molecule has 1 atom stereocenters. The number of hydrogen-bond acceptors (Lipinski definition) is 7. The standard InChI is InChI=1S/C18H29N5O2S2/c1-11(2)18(6,7)10-20-16-8-12(3)15(9-19-16)27(24,25)22-14(5)17-13(4)21-23-26-17/h8-9,11,14,22H,10H2,1-7H3,(H,19,20). The van der Waals surface area contributed by atoms with Gasteiger partial charge >= 0.3 is 0 Å². The molecule has 2 rings (SSSR count). The maximum atomic E-state index is 12.8. The van der Waals surface area contributed by atoms with Gasteiger partial charge in [-0.15, -0.1) is 5.10 Å². The van der Waals surface area contributed by atoms with Crippen molar-refractivity contribution in [1.29, 1.82) is 0 Å². The Kier molecular flexibility index (Phi) is 6.59. The second-order valence-electron chi connectivity index (χ2n) is 7.90. The summed E-state index contributed by atoms with van der Waals surface area (Å²) in [6, 6.07) is 1.37. The number of pyridine rings is 1. The van der Waals surface area contributed by atoms with Crippen molar-refractivity contribution in [2.45, 2.75) is 59.4 Å². The molecule has 0 spiro atoms. The third-order valence-electron chi connectivity index (χ3n) is 5.05. The lowest BCUT2D eigenvalue weighted by atomic mass is 9.81. The van der Waals surface area contributed by atoms with Gasteiger partial charge in [0.15, 0.2) is 0 Å². The summed E-state index contributed by atoms with van der Waals surface area (Å²) >= 11 is 1.20. The van der Waals surface area contributed by atoms with E-state index in [1.165, 1.54) is 17.7 Å². The number of rotatable bonds is 8. The zero-order valence-electron chi connectivity index (χ0n) is 17.0. The minimum absolute atomic E-state index is 0.109. The number of nitrogens with zero attached hydrogens (tertiary/aromatic N) is 3. The highest BCUT2D eigenvalue weighted by molar-refractivity contribution is 7.89. The first kappa shape index (κ1) is 21.7. The molecule has 0 saturated carbocycles. The number of nitrogens with one attached hydrogen (secondary N) is 2. The van der Waals surface area contributed by atoms with Gasteiger partial charge < -0.3 is 5.32 Å². The van der Waals surface area contributed by atoms with E-state index in [4.69, 9.17) is 0 Å². The fraction of sp³-hybridized carbons (Fsp3) is 0.611. The molecule has 27 heavy (non-hydrogen) atoms. The minimum Gasteiger partial charge on any atom is -0.370 e. The summed E-state index contributed by atoms with van der Waals surface area (Å²) in [4.78, 5) is 5.29. The van der Waals surface area contributed by atoms with Crippen molar-refractivity contribution >= 4 is 27.4 Å². The SMILES string of the molecule is Cc1cc(NCC(C)(C)C(C)C)ncc1S(=O)(=O)NC(C)c1snnc1C. The zero-order valence-corrected chi connectivity index (χ0v) is 18.6. The largest absolute Gasteiger partial charge is 0.370 e. The predicted octanol–water partition coefficient (Wildman–Crippen LogP) is 3.68. The Morgan fingerprint density at radius 1 is 1.22 bits per heavy atom. The van der Waals surface area contributed by atoms with Crippen LogP contribution in [-0.2, 0) is 10.0 Å². The second-order valence-corrected chi connectivity index (χ2v) is 10.4. The smallest absolute Gasteiger partial charge is 0.242 e. The first-order valence-corrected chi connectivity index (χ1v) is 11.2. The molecule has 0 saturated heterocycles. The van der Waals surface area contributed by atoms with E-state index in [0.717, 1.165) is 17.1 Å². The summed E-state index contributed by atoms with van der Waals surface area (Å²) in [5, 5.41) is 7.25. The van der Waals surface area contributed by atoms with Gasteiger partial charge in [0.05, 0.1) is 16.6 Å². The average Bonchev–Trinajstić information content (AvgIpc) is 2.98. The number of hydrogen-bond donors (Lipinski definition) is 2. The quantitative estimate of drug-likeness (QED) is 0.688. The van der Waals surface area contributed by atoms with Gasteiger partial charge in [-0.2, -0.15) is 0 Å². The van der Waals surface area contributed by atoms with Crippen molar-refractivity contribution in [3.8, 4) is 0 Å². The second kappa shape index (κ2) is 8.20. The molecule has 7 nitrogen and oxygen atoms in total. The van der Waals surface area contributed by atoms with E-state index in [2.05, 4.69) is 52.3 Å². The van der Waals surface area contributed by atoms with Gasteiger partial charge in [-0.3, -0.25) is 0 Å². The van der Waals surface area contributed by atoms with Crippen LogP contribution in [0.5, 0.6) is 0 Å². The highest BCUT2D eigenvalue weighted by atomic mass is 32.2. The van der Waals surface area contributed by atoms with Crippen molar-refractivity contribution in [3.63, 3.8) is 0 Å². The predicted molar refractivity (Wildman–Crippen MR) is 109 cm³/mol. The summed E-state index contributed by atoms with van der Waals surface area (Å²) < 4.78 is 32.1. The molecule has 0 aliphatic carbocycles. The van der Waals surface area contributed by atoms with Gasteiger partial charge in [0, 0.05) is 12.7 Å².